The van der Waals surface area contributed by atoms with Gasteiger partial charge in [0.05, 0.1) is 0 Å². The molecule has 3 aromatic rings. The van der Waals surface area contributed by atoms with E-state index < -0.39 is 5.91 Å². The fourth-order valence-electron chi connectivity index (χ4n) is 3.77. The highest BCUT2D eigenvalue weighted by molar-refractivity contribution is 6.30. The van der Waals surface area contributed by atoms with Crippen LogP contribution in [0.5, 0.6) is 5.75 Å². The molecule has 2 N–H and O–H groups in total. The van der Waals surface area contributed by atoms with Crippen molar-refractivity contribution < 1.29 is 9.53 Å². The van der Waals surface area contributed by atoms with Gasteiger partial charge in [-0.3, -0.25) is 4.79 Å². The van der Waals surface area contributed by atoms with Crippen LogP contribution in [0.4, 0.5) is 0 Å². The second-order valence-corrected chi connectivity index (χ2v) is 8.60. The first kappa shape index (κ1) is 21.9. The Morgan fingerprint density at radius 1 is 0.967 bits per heavy atom. The Hall–Kier alpha value is -2.78. The summed E-state index contributed by atoms with van der Waals surface area (Å²) in [5.74, 6) is 0.876. The van der Waals surface area contributed by atoms with Crippen molar-refractivity contribution >= 4 is 17.5 Å². The number of carbonyl (C=O) groups excluding carboxylic acids is 1. The summed E-state index contributed by atoms with van der Waals surface area (Å²) in [4.78, 5) is 11.4. The zero-order chi connectivity index (χ0) is 21.8. The first-order chi connectivity index (χ1) is 14.2. The zero-order valence-electron chi connectivity index (χ0n) is 17.9. The van der Waals surface area contributed by atoms with E-state index in [4.69, 9.17) is 22.1 Å². The molecule has 0 fully saturated rings. The normalized spacial score (nSPS) is 12.1. The third-order valence-corrected chi connectivity index (χ3v) is 5.42. The number of ether oxygens (including phenoxy) is 1. The van der Waals surface area contributed by atoms with Crippen LogP contribution in [-0.4, -0.2) is 5.91 Å². The minimum atomic E-state index is -0.424. The van der Waals surface area contributed by atoms with Crippen LogP contribution < -0.4 is 10.5 Å². The molecule has 3 aromatic carbocycles. The van der Waals surface area contributed by atoms with Crippen molar-refractivity contribution in [2.45, 2.75) is 40.2 Å². The van der Waals surface area contributed by atoms with E-state index >= 15 is 0 Å². The lowest BCUT2D eigenvalue weighted by molar-refractivity contribution is 0.1000. The van der Waals surface area contributed by atoms with Crippen LogP contribution in [0.25, 0.3) is 11.1 Å². The number of amides is 1. The predicted molar refractivity (Wildman–Crippen MR) is 124 cm³/mol. The average Bonchev–Trinajstić information content (AvgIpc) is 2.68. The van der Waals surface area contributed by atoms with Crippen molar-refractivity contribution in [2.24, 2.45) is 11.7 Å². The van der Waals surface area contributed by atoms with Gasteiger partial charge in [-0.25, -0.2) is 0 Å². The van der Waals surface area contributed by atoms with Crippen LogP contribution in [0, 0.1) is 19.8 Å². The van der Waals surface area contributed by atoms with Gasteiger partial charge >= 0.3 is 0 Å². The first-order valence-corrected chi connectivity index (χ1v) is 10.6. The predicted octanol–water partition coefficient (Wildman–Crippen LogP) is 6.89. The SMILES string of the molecule is Cc1cc(OC(CC(C)C)c2ccc(C(N)=O)cc2)cc(C)c1-c1ccc(Cl)cc1. The zero-order valence-corrected chi connectivity index (χ0v) is 18.7. The number of halogens is 1. The number of hydrogen-bond acceptors (Lipinski definition) is 2. The minimum absolute atomic E-state index is 0.105. The van der Waals surface area contributed by atoms with E-state index in [2.05, 4.69) is 39.8 Å². The molecule has 0 spiro atoms. The summed E-state index contributed by atoms with van der Waals surface area (Å²) in [7, 11) is 0. The number of benzene rings is 3. The topological polar surface area (TPSA) is 52.3 Å². The molecule has 0 aliphatic heterocycles. The Kier molecular flexibility index (Phi) is 6.84. The summed E-state index contributed by atoms with van der Waals surface area (Å²) in [6, 6.07) is 19.4. The van der Waals surface area contributed by atoms with Crippen LogP contribution in [0.15, 0.2) is 60.7 Å². The van der Waals surface area contributed by atoms with E-state index in [0.29, 0.717) is 11.5 Å². The van der Waals surface area contributed by atoms with Crippen molar-refractivity contribution in [3.8, 4) is 16.9 Å². The largest absolute Gasteiger partial charge is 0.486 e. The van der Waals surface area contributed by atoms with Crippen LogP contribution in [0.1, 0.15) is 53.4 Å². The van der Waals surface area contributed by atoms with Gasteiger partial charge in [-0.05, 0) is 90.4 Å². The Bertz CT molecular complexity index is 1000. The Balaban J connectivity index is 1.91. The molecule has 0 radical (unpaired) electrons. The van der Waals surface area contributed by atoms with Crippen molar-refractivity contribution in [2.75, 3.05) is 0 Å². The molecule has 0 saturated carbocycles. The molecule has 0 bridgehead atoms. The third kappa shape index (κ3) is 5.22. The molecule has 0 aromatic heterocycles. The highest BCUT2D eigenvalue weighted by atomic mass is 35.5. The van der Waals surface area contributed by atoms with Crippen LogP contribution in [0.2, 0.25) is 5.02 Å². The molecule has 156 valence electrons. The summed E-state index contributed by atoms with van der Waals surface area (Å²) in [6.07, 6.45) is 0.763. The maximum Gasteiger partial charge on any atom is 0.248 e. The molecule has 1 amide bonds. The lowest BCUT2D eigenvalue weighted by Gasteiger charge is -2.23. The molecular formula is C26H28ClNO2. The van der Waals surface area contributed by atoms with E-state index in [1.807, 2.05) is 36.4 Å². The molecule has 0 aliphatic carbocycles. The van der Waals surface area contributed by atoms with Crippen LogP contribution in [0.3, 0.4) is 0 Å². The quantitative estimate of drug-likeness (QED) is 0.451. The highest BCUT2D eigenvalue weighted by Crippen LogP contribution is 2.34. The van der Waals surface area contributed by atoms with Gasteiger partial charge in [0.25, 0.3) is 0 Å². The van der Waals surface area contributed by atoms with Gasteiger partial charge in [0.1, 0.15) is 11.9 Å². The molecular weight excluding hydrogens is 394 g/mol. The monoisotopic (exact) mass is 421 g/mol. The lowest BCUT2D eigenvalue weighted by Crippen LogP contribution is -2.13. The highest BCUT2D eigenvalue weighted by Gasteiger charge is 2.17. The number of hydrogen-bond donors (Lipinski definition) is 1. The summed E-state index contributed by atoms with van der Waals surface area (Å²) in [5, 5.41) is 0.730. The van der Waals surface area contributed by atoms with Gasteiger partial charge in [-0.2, -0.15) is 0 Å². The van der Waals surface area contributed by atoms with E-state index in [0.717, 1.165) is 39.4 Å². The summed E-state index contributed by atoms with van der Waals surface area (Å²) < 4.78 is 6.45. The van der Waals surface area contributed by atoms with E-state index in [1.54, 1.807) is 12.1 Å². The first-order valence-electron chi connectivity index (χ1n) is 10.2. The van der Waals surface area contributed by atoms with Crippen molar-refractivity contribution in [3.63, 3.8) is 0 Å². The second-order valence-electron chi connectivity index (χ2n) is 8.16. The van der Waals surface area contributed by atoms with Gasteiger partial charge in [0, 0.05) is 10.6 Å². The Morgan fingerprint density at radius 3 is 2.03 bits per heavy atom. The standard InChI is InChI=1S/C26H28ClNO2/c1-16(2)13-24(19-5-7-21(8-6-19)26(28)29)30-23-14-17(3)25(18(4)15-23)20-9-11-22(27)12-10-20/h5-12,14-16,24H,13H2,1-4H3,(H2,28,29). The fraction of sp³-hybridized carbons (Fsp3) is 0.269. The van der Waals surface area contributed by atoms with Gasteiger partial charge < -0.3 is 10.5 Å². The second kappa shape index (κ2) is 9.36. The van der Waals surface area contributed by atoms with Gasteiger partial charge in [0.2, 0.25) is 5.91 Å². The van der Waals surface area contributed by atoms with Gasteiger partial charge in [0.15, 0.2) is 0 Å². The fourth-order valence-corrected chi connectivity index (χ4v) is 3.90. The number of primary amides is 1. The van der Waals surface area contributed by atoms with Gasteiger partial charge in [-0.15, -0.1) is 0 Å². The van der Waals surface area contributed by atoms with E-state index in [-0.39, 0.29) is 6.10 Å². The summed E-state index contributed by atoms with van der Waals surface area (Å²) >= 11 is 6.04. The van der Waals surface area contributed by atoms with E-state index in [9.17, 15) is 4.79 Å². The molecule has 4 heteroatoms. The maximum atomic E-state index is 11.4. The van der Waals surface area contributed by atoms with Crippen molar-refractivity contribution in [3.05, 3.63) is 87.9 Å². The molecule has 0 aliphatic rings. The van der Waals surface area contributed by atoms with Crippen LogP contribution >= 0.6 is 11.6 Å². The van der Waals surface area contributed by atoms with Crippen molar-refractivity contribution in [1.29, 1.82) is 0 Å². The summed E-state index contributed by atoms with van der Waals surface area (Å²) in [6.45, 7) is 8.55. The number of aryl methyl sites for hydroxylation is 2. The number of rotatable bonds is 7. The Labute approximate surface area is 183 Å². The number of nitrogens with two attached hydrogens (primary N) is 1. The van der Waals surface area contributed by atoms with Gasteiger partial charge in [-0.1, -0.05) is 49.7 Å². The number of carbonyl (C=O) groups is 1. The van der Waals surface area contributed by atoms with Crippen molar-refractivity contribution in [1.82, 2.24) is 0 Å². The molecule has 3 nitrogen and oxygen atoms in total. The molecule has 3 rings (SSSR count). The molecule has 1 unspecified atom stereocenters. The lowest BCUT2D eigenvalue weighted by atomic mass is 9.95. The smallest absolute Gasteiger partial charge is 0.248 e. The van der Waals surface area contributed by atoms with Crippen LogP contribution in [-0.2, 0) is 0 Å². The maximum absolute atomic E-state index is 11.4. The molecule has 0 heterocycles. The molecule has 30 heavy (non-hydrogen) atoms. The third-order valence-electron chi connectivity index (χ3n) is 5.17. The molecule has 0 saturated heterocycles. The minimum Gasteiger partial charge on any atom is -0.486 e. The van der Waals surface area contributed by atoms with E-state index in [1.165, 1.54) is 5.56 Å². The average molecular weight is 422 g/mol. The summed E-state index contributed by atoms with van der Waals surface area (Å²) in [5.41, 5.74) is 11.5. The molecule has 1 atom stereocenters. The Morgan fingerprint density at radius 2 is 1.53 bits per heavy atom.